The third-order valence-electron chi connectivity index (χ3n) is 2.80. The van der Waals surface area contributed by atoms with E-state index in [1.165, 1.54) is 5.56 Å². The summed E-state index contributed by atoms with van der Waals surface area (Å²) in [5.74, 6) is 0. The fraction of sp³-hybridized carbons (Fsp3) is 0.125. The number of hydrogen-bond donors (Lipinski definition) is 0. The van der Waals surface area contributed by atoms with Crippen LogP contribution in [-0.2, 0) is 0 Å². The predicted octanol–water partition coefficient (Wildman–Crippen LogP) is 3.76. The van der Waals surface area contributed by atoms with Crippen molar-refractivity contribution in [3.05, 3.63) is 65.0 Å². The molecule has 2 aromatic rings. The zero-order valence-electron chi connectivity index (χ0n) is 10.5. The van der Waals surface area contributed by atoms with E-state index in [0.29, 0.717) is 11.3 Å². The van der Waals surface area contributed by atoms with Gasteiger partial charge in [0.15, 0.2) is 0 Å². The molecule has 0 spiro atoms. The van der Waals surface area contributed by atoms with Gasteiger partial charge in [-0.25, -0.2) is 0 Å². The van der Waals surface area contributed by atoms with E-state index in [9.17, 15) is 5.26 Å². The van der Waals surface area contributed by atoms with Crippen LogP contribution in [0.2, 0.25) is 0 Å². The molecular formula is C16H14N2. The van der Waals surface area contributed by atoms with Crippen molar-refractivity contribution in [1.29, 1.82) is 5.26 Å². The Hall–Kier alpha value is -2.40. The van der Waals surface area contributed by atoms with E-state index in [0.717, 1.165) is 11.1 Å². The van der Waals surface area contributed by atoms with Crippen LogP contribution in [0.4, 0.5) is 0 Å². The van der Waals surface area contributed by atoms with Gasteiger partial charge in [0.05, 0.1) is 11.3 Å². The highest BCUT2D eigenvalue weighted by molar-refractivity contribution is 5.88. The van der Waals surface area contributed by atoms with E-state index in [1.807, 2.05) is 38.1 Å². The molecule has 2 rings (SSSR count). The maximum atomic E-state index is 9.24. The summed E-state index contributed by atoms with van der Waals surface area (Å²) in [5.41, 5.74) is 4.71. The molecule has 0 saturated carbocycles. The molecule has 0 saturated heterocycles. The highest BCUT2D eigenvalue weighted by Crippen LogP contribution is 2.19. The van der Waals surface area contributed by atoms with Gasteiger partial charge in [-0.15, -0.1) is 0 Å². The monoisotopic (exact) mass is 234 g/mol. The van der Waals surface area contributed by atoms with Gasteiger partial charge in [-0.2, -0.15) is 5.26 Å². The molecule has 18 heavy (non-hydrogen) atoms. The first-order valence-corrected chi connectivity index (χ1v) is 5.81. The van der Waals surface area contributed by atoms with Gasteiger partial charge in [-0.05, 0) is 43.2 Å². The third-order valence-corrected chi connectivity index (χ3v) is 2.80. The predicted molar refractivity (Wildman–Crippen MR) is 73.6 cm³/mol. The Morgan fingerprint density at radius 2 is 2.06 bits per heavy atom. The number of aryl methyl sites for hydroxylation is 2. The molecule has 1 aromatic carbocycles. The first-order valence-electron chi connectivity index (χ1n) is 5.81. The molecule has 0 N–H and O–H groups in total. The lowest BCUT2D eigenvalue weighted by Crippen LogP contribution is -1.88. The molecule has 0 bridgehead atoms. The summed E-state index contributed by atoms with van der Waals surface area (Å²) in [5, 5.41) is 9.24. The Morgan fingerprint density at radius 3 is 2.72 bits per heavy atom. The minimum atomic E-state index is 0.587. The van der Waals surface area contributed by atoms with Crippen molar-refractivity contribution in [3.63, 3.8) is 0 Å². The van der Waals surface area contributed by atoms with Crippen LogP contribution in [-0.4, -0.2) is 4.98 Å². The molecule has 1 aromatic heterocycles. The average Bonchev–Trinajstić information content (AvgIpc) is 2.41. The summed E-state index contributed by atoms with van der Waals surface area (Å²) < 4.78 is 0. The van der Waals surface area contributed by atoms with Crippen LogP contribution < -0.4 is 0 Å². The Morgan fingerprint density at radius 1 is 1.22 bits per heavy atom. The highest BCUT2D eigenvalue weighted by atomic mass is 14.7. The number of pyridine rings is 1. The molecule has 2 heteroatoms. The lowest BCUT2D eigenvalue weighted by Gasteiger charge is -2.03. The molecule has 0 radical (unpaired) electrons. The van der Waals surface area contributed by atoms with Crippen LogP contribution in [0.15, 0.2) is 42.6 Å². The number of benzene rings is 1. The third kappa shape index (κ3) is 2.64. The van der Waals surface area contributed by atoms with E-state index < -0.39 is 0 Å². The SMILES string of the molecule is Cc1ccc(C)c(C=C(C#N)c2ccccn2)c1. The van der Waals surface area contributed by atoms with E-state index >= 15 is 0 Å². The zero-order valence-corrected chi connectivity index (χ0v) is 10.5. The lowest BCUT2D eigenvalue weighted by atomic mass is 10.0. The largest absolute Gasteiger partial charge is 0.256 e. The van der Waals surface area contributed by atoms with Crippen LogP contribution >= 0.6 is 0 Å². The Labute approximate surface area is 107 Å². The van der Waals surface area contributed by atoms with Gasteiger partial charge in [0.25, 0.3) is 0 Å². The number of nitrogens with zero attached hydrogens (tertiary/aromatic N) is 2. The highest BCUT2D eigenvalue weighted by Gasteiger charge is 2.03. The zero-order chi connectivity index (χ0) is 13.0. The summed E-state index contributed by atoms with van der Waals surface area (Å²) in [6.45, 7) is 4.09. The number of rotatable bonds is 2. The first-order chi connectivity index (χ1) is 8.70. The van der Waals surface area contributed by atoms with Crippen LogP contribution in [0.1, 0.15) is 22.4 Å². The van der Waals surface area contributed by atoms with E-state index in [4.69, 9.17) is 0 Å². The maximum absolute atomic E-state index is 9.24. The van der Waals surface area contributed by atoms with Gasteiger partial charge in [-0.3, -0.25) is 4.98 Å². The quantitative estimate of drug-likeness (QED) is 0.742. The molecule has 2 nitrogen and oxygen atoms in total. The van der Waals surface area contributed by atoms with Crippen LogP contribution in [0.3, 0.4) is 0 Å². The van der Waals surface area contributed by atoms with Gasteiger partial charge in [0, 0.05) is 6.20 Å². The number of aromatic nitrogens is 1. The van der Waals surface area contributed by atoms with Gasteiger partial charge >= 0.3 is 0 Å². The van der Waals surface area contributed by atoms with Crippen LogP contribution in [0.5, 0.6) is 0 Å². The van der Waals surface area contributed by atoms with Crippen molar-refractivity contribution >= 4 is 11.6 Å². The standard InChI is InChI=1S/C16H14N2/c1-12-6-7-13(2)14(9-12)10-15(11-17)16-5-3-4-8-18-16/h3-10H,1-2H3. The molecule has 0 unspecified atom stereocenters. The molecule has 0 aliphatic rings. The van der Waals surface area contributed by atoms with Crippen LogP contribution in [0, 0.1) is 25.2 Å². The minimum absolute atomic E-state index is 0.587. The van der Waals surface area contributed by atoms with Crippen molar-refractivity contribution in [2.75, 3.05) is 0 Å². The molecule has 0 aliphatic carbocycles. The van der Waals surface area contributed by atoms with Gasteiger partial charge in [0.1, 0.15) is 6.07 Å². The second-order valence-electron chi connectivity index (χ2n) is 4.24. The maximum Gasteiger partial charge on any atom is 0.101 e. The Bertz CT molecular complexity index is 619. The summed E-state index contributed by atoms with van der Waals surface area (Å²) >= 11 is 0. The fourth-order valence-electron chi connectivity index (χ4n) is 1.76. The van der Waals surface area contributed by atoms with Crippen molar-refractivity contribution in [2.45, 2.75) is 13.8 Å². The normalized spacial score (nSPS) is 11.1. The van der Waals surface area contributed by atoms with E-state index in [2.05, 4.69) is 29.3 Å². The molecular weight excluding hydrogens is 220 g/mol. The van der Waals surface area contributed by atoms with Gasteiger partial charge in [0.2, 0.25) is 0 Å². The summed E-state index contributed by atoms with van der Waals surface area (Å²) in [6, 6.07) is 14.0. The molecule has 0 aliphatic heterocycles. The van der Waals surface area contributed by atoms with E-state index in [1.54, 1.807) is 6.20 Å². The van der Waals surface area contributed by atoms with Crippen molar-refractivity contribution in [1.82, 2.24) is 4.98 Å². The molecule has 1 heterocycles. The van der Waals surface area contributed by atoms with Crippen molar-refractivity contribution < 1.29 is 0 Å². The average molecular weight is 234 g/mol. The lowest BCUT2D eigenvalue weighted by molar-refractivity contribution is 1.28. The van der Waals surface area contributed by atoms with Crippen LogP contribution in [0.25, 0.3) is 11.6 Å². The second kappa shape index (κ2) is 5.29. The van der Waals surface area contributed by atoms with E-state index in [-0.39, 0.29) is 0 Å². The number of hydrogen-bond acceptors (Lipinski definition) is 2. The number of nitriles is 1. The van der Waals surface area contributed by atoms with Crippen molar-refractivity contribution in [2.24, 2.45) is 0 Å². The summed E-state index contributed by atoms with van der Waals surface area (Å²) in [7, 11) is 0. The molecule has 0 atom stereocenters. The fourth-order valence-corrected chi connectivity index (χ4v) is 1.76. The summed E-state index contributed by atoms with van der Waals surface area (Å²) in [4.78, 5) is 4.21. The molecule has 88 valence electrons. The smallest absolute Gasteiger partial charge is 0.101 e. The minimum Gasteiger partial charge on any atom is -0.256 e. The van der Waals surface area contributed by atoms with Crippen molar-refractivity contribution in [3.8, 4) is 6.07 Å². The second-order valence-corrected chi connectivity index (χ2v) is 4.24. The number of allylic oxidation sites excluding steroid dienone is 1. The van der Waals surface area contributed by atoms with Gasteiger partial charge < -0.3 is 0 Å². The summed E-state index contributed by atoms with van der Waals surface area (Å²) in [6.07, 6.45) is 3.59. The van der Waals surface area contributed by atoms with Gasteiger partial charge in [-0.1, -0.05) is 29.8 Å². The molecule has 0 amide bonds. The topological polar surface area (TPSA) is 36.7 Å². The first kappa shape index (κ1) is 12.1. The molecule has 0 fully saturated rings. The Kier molecular flexibility index (Phi) is 3.54. The Balaban J connectivity index is 2.48.